The Bertz CT molecular complexity index is 487. The van der Waals surface area contributed by atoms with Gasteiger partial charge in [0.05, 0.1) is 24.3 Å². The van der Waals surface area contributed by atoms with Gasteiger partial charge in [0, 0.05) is 0 Å². The van der Waals surface area contributed by atoms with Crippen LogP contribution in [0.5, 0.6) is 5.88 Å². The zero-order valence-electron chi connectivity index (χ0n) is 8.75. The van der Waals surface area contributed by atoms with Gasteiger partial charge in [-0.1, -0.05) is 0 Å². The van der Waals surface area contributed by atoms with Crippen molar-refractivity contribution < 1.29 is 23.1 Å². The highest BCUT2D eigenvalue weighted by Crippen LogP contribution is 2.30. The highest BCUT2D eigenvalue weighted by molar-refractivity contribution is 5.82. The molecule has 2 rings (SSSR count). The van der Waals surface area contributed by atoms with E-state index in [1.807, 2.05) is 0 Å². The minimum atomic E-state index is -4.92. The van der Waals surface area contributed by atoms with Gasteiger partial charge in [0.25, 0.3) is 0 Å². The van der Waals surface area contributed by atoms with Gasteiger partial charge in [-0.2, -0.15) is 18.2 Å². The van der Waals surface area contributed by atoms with Gasteiger partial charge < -0.3 is 10.0 Å². The highest BCUT2D eigenvalue weighted by Gasteiger charge is 2.44. The van der Waals surface area contributed by atoms with Crippen LogP contribution in [0.25, 0.3) is 0 Å². The van der Waals surface area contributed by atoms with E-state index in [0.29, 0.717) is 4.90 Å². The van der Waals surface area contributed by atoms with E-state index >= 15 is 0 Å². The van der Waals surface area contributed by atoms with Gasteiger partial charge >= 0.3 is 12.1 Å². The number of hydrogen-bond acceptors (Lipinski definition) is 4. The molecule has 1 aromatic rings. The van der Waals surface area contributed by atoms with Crippen LogP contribution in [0.2, 0.25) is 0 Å². The van der Waals surface area contributed by atoms with E-state index in [9.17, 15) is 23.1 Å². The number of hydrogen-bond donors (Lipinski definition) is 1. The van der Waals surface area contributed by atoms with Crippen LogP contribution in [0.1, 0.15) is 17.1 Å². The van der Waals surface area contributed by atoms with Crippen molar-refractivity contribution in [2.75, 3.05) is 0 Å². The van der Waals surface area contributed by atoms with Crippen LogP contribution >= 0.6 is 0 Å². The standard InChI is InChI=1S/C9H8F3N3O2/c1-4-13-6-3-15(8(17)9(10,11)12)2-5(6)7(16)14-4/h2-3H2,1H3,(H,13,14,16). The second-order valence-electron chi connectivity index (χ2n) is 3.68. The van der Waals surface area contributed by atoms with Crippen molar-refractivity contribution in [2.45, 2.75) is 26.2 Å². The van der Waals surface area contributed by atoms with Crippen molar-refractivity contribution in [1.82, 2.24) is 14.9 Å². The molecule has 0 unspecified atom stereocenters. The molecule has 92 valence electrons. The Labute approximate surface area is 93.9 Å². The summed E-state index contributed by atoms with van der Waals surface area (Å²) in [6.45, 7) is 0.929. The largest absolute Gasteiger partial charge is 0.493 e. The zero-order valence-corrected chi connectivity index (χ0v) is 8.75. The third kappa shape index (κ3) is 2.02. The number of nitrogens with zero attached hydrogens (tertiary/aromatic N) is 3. The number of aryl methyl sites for hydroxylation is 1. The van der Waals surface area contributed by atoms with E-state index in [1.165, 1.54) is 6.92 Å². The molecule has 17 heavy (non-hydrogen) atoms. The molecule has 1 aliphatic heterocycles. The summed E-state index contributed by atoms with van der Waals surface area (Å²) in [7, 11) is 0. The van der Waals surface area contributed by atoms with Crippen LogP contribution in [-0.4, -0.2) is 32.1 Å². The van der Waals surface area contributed by atoms with Gasteiger partial charge in [-0.3, -0.25) is 4.79 Å². The van der Waals surface area contributed by atoms with E-state index in [4.69, 9.17) is 0 Å². The summed E-state index contributed by atoms with van der Waals surface area (Å²) < 4.78 is 36.6. The molecule has 0 spiro atoms. The third-order valence-corrected chi connectivity index (χ3v) is 2.40. The normalized spacial score (nSPS) is 14.9. The number of rotatable bonds is 0. The smallest absolute Gasteiger partial charge is 0.471 e. The first-order chi connectivity index (χ1) is 7.79. The summed E-state index contributed by atoms with van der Waals surface area (Å²) in [4.78, 5) is 19.1. The maximum atomic E-state index is 12.2. The molecule has 0 aromatic carbocycles. The highest BCUT2D eigenvalue weighted by atomic mass is 19.4. The van der Waals surface area contributed by atoms with Crippen molar-refractivity contribution in [2.24, 2.45) is 0 Å². The first-order valence-electron chi connectivity index (χ1n) is 4.70. The molecule has 5 nitrogen and oxygen atoms in total. The fourth-order valence-corrected chi connectivity index (χ4v) is 1.68. The Balaban J connectivity index is 2.28. The van der Waals surface area contributed by atoms with E-state index in [0.717, 1.165) is 0 Å². The first-order valence-corrected chi connectivity index (χ1v) is 4.70. The lowest BCUT2D eigenvalue weighted by Gasteiger charge is -2.16. The number of halogens is 3. The quantitative estimate of drug-likeness (QED) is 0.739. The fourth-order valence-electron chi connectivity index (χ4n) is 1.68. The lowest BCUT2D eigenvalue weighted by Crippen LogP contribution is -2.37. The average molecular weight is 247 g/mol. The van der Waals surface area contributed by atoms with Crippen molar-refractivity contribution in [3.63, 3.8) is 0 Å². The number of alkyl halides is 3. The molecule has 0 bridgehead atoms. The van der Waals surface area contributed by atoms with E-state index in [2.05, 4.69) is 9.97 Å². The van der Waals surface area contributed by atoms with Gasteiger partial charge in [0.15, 0.2) is 0 Å². The Hall–Kier alpha value is -1.86. The lowest BCUT2D eigenvalue weighted by molar-refractivity contribution is -0.186. The molecule has 1 aromatic heterocycles. The summed E-state index contributed by atoms with van der Waals surface area (Å²) in [5.41, 5.74) is 0.431. The average Bonchev–Trinajstić information content (AvgIpc) is 2.58. The number of amides is 1. The van der Waals surface area contributed by atoms with Gasteiger partial charge in [-0.25, -0.2) is 4.98 Å². The van der Waals surface area contributed by atoms with Gasteiger partial charge in [0.2, 0.25) is 5.88 Å². The molecule has 0 atom stereocenters. The third-order valence-electron chi connectivity index (χ3n) is 2.40. The van der Waals surface area contributed by atoms with Crippen molar-refractivity contribution in [1.29, 1.82) is 0 Å². The van der Waals surface area contributed by atoms with E-state index in [-0.39, 0.29) is 36.1 Å². The number of aromatic nitrogens is 2. The van der Waals surface area contributed by atoms with Crippen LogP contribution < -0.4 is 0 Å². The van der Waals surface area contributed by atoms with Gasteiger partial charge in [-0.05, 0) is 6.92 Å². The summed E-state index contributed by atoms with van der Waals surface area (Å²) in [6, 6.07) is 0. The molecule has 1 N–H and O–H groups in total. The number of carbonyl (C=O) groups excluding carboxylic acids is 1. The predicted molar refractivity (Wildman–Crippen MR) is 48.7 cm³/mol. The molecule has 0 fully saturated rings. The molecular formula is C9H8F3N3O2. The molecular weight excluding hydrogens is 239 g/mol. The lowest BCUT2D eigenvalue weighted by atomic mass is 10.2. The Morgan fingerprint density at radius 2 is 2.00 bits per heavy atom. The molecule has 8 heteroatoms. The van der Waals surface area contributed by atoms with Crippen LogP contribution in [0, 0.1) is 6.92 Å². The zero-order chi connectivity index (χ0) is 12.8. The fraction of sp³-hybridized carbons (Fsp3) is 0.444. The van der Waals surface area contributed by atoms with E-state index < -0.39 is 12.1 Å². The molecule has 0 radical (unpaired) electrons. The second kappa shape index (κ2) is 3.57. The van der Waals surface area contributed by atoms with Crippen LogP contribution in [0.4, 0.5) is 13.2 Å². The minimum Gasteiger partial charge on any atom is -0.493 e. The Kier molecular flexibility index (Phi) is 2.44. The second-order valence-corrected chi connectivity index (χ2v) is 3.68. The number of aromatic hydroxyl groups is 1. The van der Waals surface area contributed by atoms with Crippen molar-refractivity contribution in [3.05, 3.63) is 17.1 Å². The van der Waals surface area contributed by atoms with Crippen LogP contribution in [0.15, 0.2) is 0 Å². The Morgan fingerprint density at radius 3 is 2.59 bits per heavy atom. The van der Waals surface area contributed by atoms with Crippen LogP contribution in [-0.2, 0) is 17.9 Å². The molecule has 2 heterocycles. The molecule has 0 saturated heterocycles. The maximum Gasteiger partial charge on any atom is 0.471 e. The summed E-state index contributed by atoms with van der Waals surface area (Å²) >= 11 is 0. The molecule has 0 saturated carbocycles. The molecule has 0 aliphatic carbocycles. The summed E-state index contributed by atoms with van der Waals surface area (Å²) in [5, 5.41) is 9.44. The van der Waals surface area contributed by atoms with Gasteiger partial charge in [0.1, 0.15) is 5.82 Å². The number of carbonyl (C=O) groups is 1. The summed E-state index contributed by atoms with van der Waals surface area (Å²) in [5.74, 6) is -2.06. The maximum absolute atomic E-state index is 12.2. The van der Waals surface area contributed by atoms with E-state index in [1.54, 1.807) is 0 Å². The van der Waals surface area contributed by atoms with Crippen molar-refractivity contribution in [3.8, 4) is 5.88 Å². The predicted octanol–water partition coefficient (Wildman–Crippen LogP) is 0.895. The summed E-state index contributed by atoms with van der Waals surface area (Å²) in [6.07, 6.45) is -4.92. The van der Waals surface area contributed by atoms with Gasteiger partial charge in [-0.15, -0.1) is 0 Å². The minimum absolute atomic E-state index is 0.174. The van der Waals surface area contributed by atoms with Crippen molar-refractivity contribution >= 4 is 5.91 Å². The monoisotopic (exact) mass is 247 g/mol. The Morgan fingerprint density at radius 1 is 1.35 bits per heavy atom. The molecule has 1 aliphatic rings. The van der Waals surface area contributed by atoms with Crippen LogP contribution in [0.3, 0.4) is 0 Å². The molecule has 1 amide bonds. The first kappa shape index (κ1) is 11.6. The number of fused-ring (bicyclic) bond motifs is 1. The SMILES string of the molecule is Cc1nc(O)c2c(n1)CN(C(=O)C(F)(F)F)C2. The topological polar surface area (TPSA) is 66.3 Å².